The molecule has 0 radical (unpaired) electrons. The normalized spacial score (nSPS) is 13.9. The van der Waals surface area contributed by atoms with Crippen molar-refractivity contribution in [3.05, 3.63) is 48.6 Å². The first-order valence-corrected chi connectivity index (χ1v) is 21.6. The van der Waals surface area contributed by atoms with Crippen LogP contribution in [0.4, 0.5) is 0 Å². The molecular formula is C41H74NO8P. The van der Waals surface area contributed by atoms with Crippen LogP contribution in [-0.2, 0) is 32.7 Å². The van der Waals surface area contributed by atoms with Crippen molar-refractivity contribution in [1.82, 2.24) is 0 Å². The molecule has 0 rings (SSSR count). The summed E-state index contributed by atoms with van der Waals surface area (Å²) >= 11 is 0. The number of hydrogen-bond acceptors (Lipinski definition) is 8. The van der Waals surface area contributed by atoms with Gasteiger partial charge in [-0.2, -0.15) is 0 Å². The van der Waals surface area contributed by atoms with E-state index in [0.29, 0.717) is 6.42 Å². The molecule has 51 heavy (non-hydrogen) atoms. The first-order valence-electron chi connectivity index (χ1n) is 20.1. The van der Waals surface area contributed by atoms with Gasteiger partial charge in [0.2, 0.25) is 0 Å². The van der Waals surface area contributed by atoms with E-state index in [-0.39, 0.29) is 32.6 Å². The highest BCUT2D eigenvalue weighted by Crippen LogP contribution is 2.43. The average Bonchev–Trinajstić information content (AvgIpc) is 3.11. The lowest BCUT2D eigenvalue weighted by molar-refractivity contribution is -0.161. The molecule has 0 amide bonds. The number of phosphoric ester groups is 1. The van der Waals surface area contributed by atoms with E-state index >= 15 is 0 Å². The molecule has 0 aliphatic heterocycles. The van der Waals surface area contributed by atoms with Crippen LogP contribution in [0.15, 0.2) is 48.6 Å². The fourth-order valence-corrected chi connectivity index (χ4v) is 6.00. The van der Waals surface area contributed by atoms with Crippen LogP contribution in [0.1, 0.15) is 168 Å². The molecule has 9 nitrogen and oxygen atoms in total. The summed E-state index contributed by atoms with van der Waals surface area (Å²) in [6.07, 6.45) is 41.4. The van der Waals surface area contributed by atoms with Crippen molar-refractivity contribution in [2.75, 3.05) is 26.4 Å². The van der Waals surface area contributed by atoms with Crippen LogP contribution in [-0.4, -0.2) is 49.3 Å². The monoisotopic (exact) mass is 740 g/mol. The molecule has 0 saturated carbocycles. The highest BCUT2D eigenvalue weighted by atomic mass is 31.2. The van der Waals surface area contributed by atoms with Crippen molar-refractivity contribution in [2.24, 2.45) is 5.73 Å². The molecule has 0 heterocycles. The van der Waals surface area contributed by atoms with Crippen molar-refractivity contribution >= 4 is 19.8 Å². The lowest BCUT2D eigenvalue weighted by Gasteiger charge is -2.19. The van der Waals surface area contributed by atoms with Crippen LogP contribution in [0, 0.1) is 0 Å². The lowest BCUT2D eigenvalue weighted by Crippen LogP contribution is -2.29. The number of unbranched alkanes of at least 4 members (excludes halogenated alkanes) is 16. The van der Waals surface area contributed by atoms with Crippen LogP contribution in [0.25, 0.3) is 0 Å². The van der Waals surface area contributed by atoms with E-state index < -0.39 is 32.5 Å². The third kappa shape index (κ3) is 37.5. The minimum Gasteiger partial charge on any atom is -0.462 e. The van der Waals surface area contributed by atoms with Gasteiger partial charge in [0.1, 0.15) is 6.61 Å². The summed E-state index contributed by atoms with van der Waals surface area (Å²) in [5.74, 6) is -0.853. The molecule has 0 aromatic carbocycles. The number of ether oxygens (including phenoxy) is 2. The first-order chi connectivity index (χ1) is 24.8. The SMILES string of the molecule is CC/C=C\C/C=C\C/C=C\CCCCCCCCCC(=O)OC[C@H](COP(=O)(O)OCCN)OC(=O)CCCCCCC/C=C\CCCCCC. The Hall–Kier alpha value is -2.03. The Morgan fingerprint density at radius 3 is 1.63 bits per heavy atom. The van der Waals surface area contributed by atoms with Crippen LogP contribution in [0.2, 0.25) is 0 Å². The Bertz CT molecular complexity index is 981. The summed E-state index contributed by atoms with van der Waals surface area (Å²) in [4.78, 5) is 34.8. The third-order valence-electron chi connectivity index (χ3n) is 8.20. The quantitative estimate of drug-likeness (QED) is 0.0276. The van der Waals surface area contributed by atoms with E-state index in [1.54, 1.807) is 0 Å². The molecule has 2 atom stereocenters. The summed E-state index contributed by atoms with van der Waals surface area (Å²) < 4.78 is 32.7. The van der Waals surface area contributed by atoms with Crippen LogP contribution in [0.3, 0.4) is 0 Å². The predicted molar refractivity (Wildman–Crippen MR) is 210 cm³/mol. The summed E-state index contributed by atoms with van der Waals surface area (Å²) in [5, 5.41) is 0. The van der Waals surface area contributed by atoms with E-state index in [1.807, 2.05) is 0 Å². The Kier molecular flexibility index (Phi) is 36.2. The summed E-state index contributed by atoms with van der Waals surface area (Å²) in [6.45, 7) is 3.57. The maximum Gasteiger partial charge on any atom is 0.472 e. The van der Waals surface area contributed by atoms with Gasteiger partial charge in [0.05, 0.1) is 13.2 Å². The molecule has 0 aliphatic carbocycles. The number of carbonyl (C=O) groups is 2. The Labute approximate surface area is 311 Å². The predicted octanol–water partition coefficient (Wildman–Crippen LogP) is 11.2. The largest absolute Gasteiger partial charge is 0.472 e. The minimum absolute atomic E-state index is 0.0491. The smallest absolute Gasteiger partial charge is 0.462 e. The molecule has 3 N–H and O–H groups in total. The second-order valence-electron chi connectivity index (χ2n) is 13.1. The van der Waals surface area contributed by atoms with Crippen molar-refractivity contribution in [2.45, 2.75) is 174 Å². The second kappa shape index (κ2) is 37.7. The number of esters is 2. The fraction of sp³-hybridized carbons (Fsp3) is 0.756. The van der Waals surface area contributed by atoms with Crippen molar-refractivity contribution < 1.29 is 37.6 Å². The third-order valence-corrected chi connectivity index (χ3v) is 9.18. The van der Waals surface area contributed by atoms with Crippen molar-refractivity contribution in [1.29, 1.82) is 0 Å². The molecule has 0 saturated heterocycles. The van der Waals surface area contributed by atoms with E-state index in [9.17, 15) is 19.0 Å². The molecule has 10 heteroatoms. The van der Waals surface area contributed by atoms with Gasteiger partial charge in [0.25, 0.3) is 0 Å². The van der Waals surface area contributed by atoms with Gasteiger partial charge in [0.15, 0.2) is 6.10 Å². The van der Waals surface area contributed by atoms with Gasteiger partial charge >= 0.3 is 19.8 Å². The highest BCUT2D eigenvalue weighted by Gasteiger charge is 2.25. The van der Waals surface area contributed by atoms with Crippen LogP contribution >= 0.6 is 7.82 Å². The van der Waals surface area contributed by atoms with Gasteiger partial charge < -0.3 is 20.1 Å². The summed E-state index contributed by atoms with van der Waals surface area (Å²) in [6, 6.07) is 0. The number of rotatable bonds is 37. The van der Waals surface area contributed by atoms with Gasteiger partial charge in [0, 0.05) is 19.4 Å². The highest BCUT2D eigenvalue weighted by molar-refractivity contribution is 7.47. The summed E-state index contributed by atoms with van der Waals surface area (Å²) in [5.41, 5.74) is 5.33. The van der Waals surface area contributed by atoms with Crippen molar-refractivity contribution in [3.8, 4) is 0 Å². The molecule has 0 aliphatic rings. The molecule has 0 spiro atoms. The molecular weight excluding hydrogens is 665 g/mol. The van der Waals surface area contributed by atoms with E-state index in [4.69, 9.17) is 24.3 Å². The molecule has 0 aromatic heterocycles. The second-order valence-corrected chi connectivity index (χ2v) is 14.6. The minimum atomic E-state index is -4.38. The zero-order chi connectivity index (χ0) is 37.5. The number of phosphoric acid groups is 1. The number of carbonyl (C=O) groups excluding carboxylic acids is 2. The maximum atomic E-state index is 12.5. The van der Waals surface area contributed by atoms with E-state index in [2.05, 4.69) is 62.5 Å². The standard InChI is InChI=1S/C41H74NO8P/c1-3-5-7-9-11-13-15-17-18-19-20-22-23-25-27-29-31-33-40(43)47-37-39(38-49-51(45,46)48-36-35-42)50-41(44)34-32-30-28-26-24-21-16-14-12-10-8-6-4-2/h5,7,11,13-14,16-18,39H,3-4,6,8-10,12,15,19-38,42H2,1-2H3,(H,45,46)/b7-5-,13-11-,16-14-,18-17-/t39-/m1/s1. The van der Waals surface area contributed by atoms with Crippen LogP contribution < -0.4 is 5.73 Å². The van der Waals surface area contributed by atoms with Crippen LogP contribution in [0.5, 0.6) is 0 Å². The number of nitrogens with two attached hydrogens (primary N) is 1. The zero-order valence-electron chi connectivity index (χ0n) is 32.3. The summed E-state index contributed by atoms with van der Waals surface area (Å²) in [7, 11) is -4.38. The van der Waals surface area contributed by atoms with Gasteiger partial charge in [-0.05, 0) is 70.6 Å². The van der Waals surface area contributed by atoms with Gasteiger partial charge in [-0.1, -0.05) is 133 Å². The Balaban J connectivity index is 4.21. The average molecular weight is 740 g/mol. The van der Waals surface area contributed by atoms with Gasteiger partial charge in [-0.3, -0.25) is 18.6 Å². The molecule has 0 bridgehead atoms. The molecule has 0 fully saturated rings. The number of allylic oxidation sites excluding steroid dienone is 8. The topological polar surface area (TPSA) is 134 Å². The molecule has 296 valence electrons. The molecule has 1 unspecified atom stereocenters. The lowest BCUT2D eigenvalue weighted by atomic mass is 10.1. The zero-order valence-corrected chi connectivity index (χ0v) is 33.2. The first kappa shape index (κ1) is 49.0. The number of hydrogen-bond donors (Lipinski definition) is 2. The van der Waals surface area contributed by atoms with E-state index in [1.165, 1.54) is 51.4 Å². The van der Waals surface area contributed by atoms with Gasteiger partial charge in [-0.15, -0.1) is 0 Å². The van der Waals surface area contributed by atoms with E-state index in [0.717, 1.165) is 83.5 Å². The Morgan fingerprint density at radius 2 is 1.08 bits per heavy atom. The van der Waals surface area contributed by atoms with Gasteiger partial charge in [-0.25, -0.2) is 4.57 Å². The maximum absolute atomic E-state index is 12.5. The Morgan fingerprint density at radius 1 is 0.608 bits per heavy atom. The molecule has 0 aromatic rings. The van der Waals surface area contributed by atoms with Crippen molar-refractivity contribution in [3.63, 3.8) is 0 Å². The fourth-order valence-electron chi connectivity index (χ4n) is 5.23.